The molecule has 1 saturated carbocycles. The number of nitrogens with one attached hydrogen (secondary N) is 1. The molecule has 1 fully saturated rings. The number of rotatable bonds is 6. The van der Waals surface area contributed by atoms with E-state index in [0.717, 1.165) is 24.8 Å². The Morgan fingerprint density at radius 3 is 2.56 bits per heavy atom. The van der Waals surface area contributed by atoms with Crippen molar-refractivity contribution >= 4 is 29.7 Å². The van der Waals surface area contributed by atoms with Crippen molar-refractivity contribution in [3.63, 3.8) is 0 Å². The first-order valence-electron chi connectivity index (χ1n) is 8.82. The number of esters is 1. The average molecular weight is 362 g/mol. The predicted molar refractivity (Wildman–Crippen MR) is 102 cm³/mol. The van der Waals surface area contributed by atoms with E-state index in [4.69, 9.17) is 4.74 Å². The van der Waals surface area contributed by atoms with E-state index in [-0.39, 0.29) is 11.9 Å². The normalized spacial score (nSPS) is 21.7. The van der Waals surface area contributed by atoms with Crippen molar-refractivity contribution in [2.75, 3.05) is 6.26 Å². The van der Waals surface area contributed by atoms with E-state index in [1.165, 1.54) is 17.4 Å². The largest absolute Gasteiger partial charge is 0.449 e. The second-order valence-electron chi connectivity index (χ2n) is 6.56. The molecule has 4 nitrogen and oxygen atoms in total. The van der Waals surface area contributed by atoms with Gasteiger partial charge < -0.3 is 10.1 Å². The Morgan fingerprint density at radius 2 is 1.92 bits per heavy atom. The van der Waals surface area contributed by atoms with E-state index in [0.29, 0.717) is 5.92 Å². The molecule has 1 aliphatic carbocycles. The van der Waals surface area contributed by atoms with Crippen molar-refractivity contribution in [3.05, 3.63) is 35.9 Å². The molecule has 25 heavy (non-hydrogen) atoms. The molecule has 0 heterocycles. The molecule has 3 atom stereocenters. The van der Waals surface area contributed by atoms with Crippen LogP contribution in [0.2, 0.25) is 0 Å². The standard InChI is InChI=1S/C20H27NO3S/c1-14-6-4-5-7-18(14)21-20(23)15(2)24-19(22)13-10-16-8-11-17(25-3)12-9-16/h8-15,18H,4-7H2,1-3H3,(H,21,23)/b13-10+/t14-,15-,18+/m1/s1. The minimum Gasteiger partial charge on any atom is -0.449 e. The van der Waals surface area contributed by atoms with E-state index < -0.39 is 12.1 Å². The second-order valence-corrected chi connectivity index (χ2v) is 7.44. The lowest BCUT2D eigenvalue weighted by molar-refractivity contribution is -0.150. The van der Waals surface area contributed by atoms with Gasteiger partial charge in [-0.3, -0.25) is 4.79 Å². The summed E-state index contributed by atoms with van der Waals surface area (Å²) in [4.78, 5) is 25.3. The molecule has 0 aromatic heterocycles. The molecular weight excluding hydrogens is 334 g/mol. The molecule has 1 aromatic carbocycles. The third kappa shape index (κ3) is 6.24. The molecule has 1 aromatic rings. The highest BCUT2D eigenvalue weighted by Gasteiger charge is 2.25. The summed E-state index contributed by atoms with van der Waals surface area (Å²) in [6.45, 7) is 3.77. The summed E-state index contributed by atoms with van der Waals surface area (Å²) in [5, 5.41) is 3.02. The molecule has 0 bridgehead atoms. The van der Waals surface area contributed by atoms with Gasteiger partial charge in [0, 0.05) is 17.0 Å². The smallest absolute Gasteiger partial charge is 0.331 e. The van der Waals surface area contributed by atoms with Crippen LogP contribution in [0.5, 0.6) is 0 Å². The van der Waals surface area contributed by atoms with Crippen LogP contribution in [0.25, 0.3) is 6.08 Å². The van der Waals surface area contributed by atoms with E-state index in [1.54, 1.807) is 24.8 Å². The van der Waals surface area contributed by atoms with E-state index in [2.05, 4.69) is 12.2 Å². The van der Waals surface area contributed by atoms with E-state index >= 15 is 0 Å². The minimum atomic E-state index is -0.787. The summed E-state index contributed by atoms with van der Waals surface area (Å²) >= 11 is 1.67. The molecule has 1 aliphatic rings. The molecule has 0 saturated heterocycles. The summed E-state index contributed by atoms with van der Waals surface area (Å²) in [6, 6.07) is 8.06. The van der Waals surface area contributed by atoms with Crippen LogP contribution in [0.1, 0.15) is 45.1 Å². The van der Waals surface area contributed by atoms with Crippen molar-refractivity contribution in [3.8, 4) is 0 Å². The number of benzene rings is 1. The van der Waals surface area contributed by atoms with Crippen molar-refractivity contribution in [1.29, 1.82) is 0 Å². The maximum absolute atomic E-state index is 12.2. The maximum atomic E-state index is 12.2. The Kier molecular flexibility index (Phi) is 7.56. The molecule has 0 unspecified atom stereocenters. The molecule has 1 amide bonds. The Labute approximate surface area is 154 Å². The van der Waals surface area contributed by atoms with Gasteiger partial charge in [-0.25, -0.2) is 4.79 Å². The van der Waals surface area contributed by atoms with Crippen LogP contribution in [-0.4, -0.2) is 30.3 Å². The molecule has 136 valence electrons. The number of thioether (sulfide) groups is 1. The zero-order valence-corrected chi connectivity index (χ0v) is 16.0. The zero-order chi connectivity index (χ0) is 18.2. The van der Waals surface area contributed by atoms with Crippen LogP contribution in [-0.2, 0) is 14.3 Å². The summed E-state index contributed by atoms with van der Waals surface area (Å²) in [5.74, 6) is -0.247. The van der Waals surface area contributed by atoms with Gasteiger partial charge in [0.2, 0.25) is 0 Å². The van der Waals surface area contributed by atoms with Crippen LogP contribution in [0, 0.1) is 5.92 Å². The molecule has 2 rings (SSSR count). The number of hydrogen-bond donors (Lipinski definition) is 1. The first kappa shape index (κ1) is 19.6. The fraction of sp³-hybridized carbons (Fsp3) is 0.500. The van der Waals surface area contributed by atoms with Crippen molar-refractivity contribution < 1.29 is 14.3 Å². The van der Waals surface area contributed by atoms with Gasteiger partial charge in [0.1, 0.15) is 0 Å². The SMILES string of the molecule is CSc1ccc(/C=C/C(=O)O[C@H](C)C(=O)N[C@H]2CCCC[C@H]2C)cc1. The van der Waals surface area contributed by atoms with Crippen LogP contribution >= 0.6 is 11.8 Å². The molecule has 0 radical (unpaired) electrons. The third-order valence-corrected chi connectivity index (χ3v) is 5.37. The Bertz CT molecular complexity index is 612. The van der Waals surface area contributed by atoms with Gasteiger partial charge >= 0.3 is 5.97 Å². The molecule has 5 heteroatoms. The number of amides is 1. The van der Waals surface area contributed by atoms with Gasteiger partial charge in [-0.15, -0.1) is 11.8 Å². The highest BCUT2D eigenvalue weighted by molar-refractivity contribution is 7.98. The topological polar surface area (TPSA) is 55.4 Å². The fourth-order valence-electron chi connectivity index (χ4n) is 2.98. The molecule has 0 spiro atoms. The van der Waals surface area contributed by atoms with Crippen molar-refractivity contribution in [1.82, 2.24) is 5.32 Å². The van der Waals surface area contributed by atoms with Crippen molar-refractivity contribution in [2.45, 2.75) is 56.6 Å². The van der Waals surface area contributed by atoms with Crippen LogP contribution in [0.4, 0.5) is 0 Å². The lowest BCUT2D eigenvalue weighted by Gasteiger charge is -2.30. The van der Waals surface area contributed by atoms with Gasteiger partial charge in [0.15, 0.2) is 6.10 Å². The van der Waals surface area contributed by atoms with Gasteiger partial charge in [-0.2, -0.15) is 0 Å². The lowest BCUT2D eigenvalue weighted by Crippen LogP contribution is -2.45. The zero-order valence-electron chi connectivity index (χ0n) is 15.2. The van der Waals surface area contributed by atoms with Crippen molar-refractivity contribution in [2.24, 2.45) is 5.92 Å². The van der Waals surface area contributed by atoms with E-state index in [9.17, 15) is 9.59 Å². The van der Waals surface area contributed by atoms with Gasteiger partial charge in [0.25, 0.3) is 5.91 Å². The summed E-state index contributed by atoms with van der Waals surface area (Å²) in [5.41, 5.74) is 0.919. The molecular formula is C20H27NO3S. The number of hydrogen-bond acceptors (Lipinski definition) is 4. The number of carbonyl (C=O) groups excluding carboxylic acids is 2. The van der Waals surface area contributed by atoms with E-state index in [1.807, 2.05) is 30.5 Å². The van der Waals surface area contributed by atoms with Gasteiger partial charge in [-0.1, -0.05) is 31.9 Å². The lowest BCUT2D eigenvalue weighted by atomic mass is 9.86. The maximum Gasteiger partial charge on any atom is 0.331 e. The monoisotopic (exact) mass is 361 g/mol. The summed E-state index contributed by atoms with van der Waals surface area (Å²) in [7, 11) is 0. The fourth-order valence-corrected chi connectivity index (χ4v) is 3.39. The third-order valence-electron chi connectivity index (χ3n) is 4.63. The Hall–Kier alpha value is -1.75. The highest BCUT2D eigenvalue weighted by Crippen LogP contribution is 2.23. The Morgan fingerprint density at radius 1 is 1.24 bits per heavy atom. The molecule has 0 aliphatic heterocycles. The number of carbonyl (C=O) groups is 2. The predicted octanol–water partition coefficient (Wildman–Crippen LogP) is 4.05. The first-order chi connectivity index (χ1) is 12.0. The second kappa shape index (κ2) is 9.66. The van der Waals surface area contributed by atoms with Gasteiger partial charge in [0.05, 0.1) is 0 Å². The van der Waals surface area contributed by atoms with Crippen LogP contribution in [0.15, 0.2) is 35.2 Å². The quantitative estimate of drug-likeness (QED) is 0.472. The average Bonchev–Trinajstić information content (AvgIpc) is 2.62. The number of ether oxygens (including phenoxy) is 1. The summed E-state index contributed by atoms with van der Waals surface area (Å²) < 4.78 is 5.21. The summed E-state index contributed by atoms with van der Waals surface area (Å²) in [6.07, 6.45) is 8.79. The van der Waals surface area contributed by atoms with Gasteiger partial charge in [-0.05, 0) is 55.7 Å². The Balaban J connectivity index is 1.81. The van der Waals surface area contributed by atoms with Crippen LogP contribution < -0.4 is 5.32 Å². The van der Waals surface area contributed by atoms with Crippen LogP contribution in [0.3, 0.4) is 0 Å². The molecule has 1 N–H and O–H groups in total. The highest BCUT2D eigenvalue weighted by atomic mass is 32.2. The minimum absolute atomic E-state index is 0.188. The first-order valence-corrected chi connectivity index (χ1v) is 10.0.